The molecule has 254 valence electrons. The van der Waals surface area contributed by atoms with Crippen LogP contribution in [0.15, 0.2) is 48.5 Å². The smallest absolute Gasteiger partial charge is 0.142 e. The van der Waals surface area contributed by atoms with E-state index in [1.165, 1.54) is 40.8 Å². The van der Waals surface area contributed by atoms with Crippen molar-refractivity contribution in [1.82, 2.24) is 15.5 Å². The molecule has 2 atom stereocenters. The molecule has 1 heterocycles. The zero-order valence-corrected chi connectivity index (χ0v) is 29.6. The quantitative estimate of drug-likeness (QED) is 0.107. The molecule has 1 saturated heterocycles. The minimum absolute atomic E-state index is 0.0967. The van der Waals surface area contributed by atoms with Crippen LogP contribution in [-0.2, 0) is 17.8 Å². The van der Waals surface area contributed by atoms with Gasteiger partial charge in [0, 0.05) is 55.8 Å². The summed E-state index contributed by atoms with van der Waals surface area (Å²) < 4.78 is 19.0. The van der Waals surface area contributed by atoms with Crippen LogP contribution in [0, 0.1) is 6.92 Å². The molecule has 3 aromatic rings. The summed E-state index contributed by atoms with van der Waals surface area (Å²) in [6, 6.07) is 17.0. The van der Waals surface area contributed by atoms with E-state index in [4.69, 9.17) is 25.8 Å². The first-order chi connectivity index (χ1) is 22.7. The van der Waals surface area contributed by atoms with Gasteiger partial charge in [-0.25, -0.2) is 0 Å². The molecule has 2 aliphatic rings. The van der Waals surface area contributed by atoms with E-state index in [-0.39, 0.29) is 12.1 Å². The molecule has 0 amide bonds. The highest BCUT2D eigenvalue weighted by Crippen LogP contribution is 2.44. The fourth-order valence-electron chi connectivity index (χ4n) is 6.87. The largest absolute Gasteiger partial charge is 0.493 e. The maximum atomic E-state index is 10.8. The number of hydrogen-bond acceptors (Lipinski definition) is 7. The average molecular weight is 662 g/mol. The Morgan fingerprint density at radius 1 is 1.09 bits per heavy atom. The first-order valence-corrected chi connectivity index (χ1v) is 17.7. The van der Waals surface area contributed by atoms with Gasteiger partial charge in [-0.05, 0) is 107 Å². The van der Waals surface area contributed by atoms with E-state index in [2.05, 4.69) is 72.7 Å². The minimum atomic E-state index is -0.0967. The van der Waals surface area contributed by atoms with Gasteiger partial charge in [-0.3, -0.25) is 4.90 Å². The van der Waals surface area contributed by atoms with Gasteiger partial charge in [-0.15, -0.1) is 0 Å². The van der Waals surface area contributed by atoms with Gasteiger partial charge < -0.3 is 29.6 Å². The SMILES string of the molecule is CCOc1cc(O[C@H]2CCc3c(-c4cccc(OCCCN5CCC5(C)C)c4C)cccc32)c(Cl)cc1CNCC(CCC=O)NC. The fourth-order valence-corrected chi connectivity index (χ4v) is 7.10. The van der Waals surface area contributed by atoms with E-state index in [1.54, 1.807) is 0 Å². The Morgan fingerprint density at radius 2 is 1.89 bits per heavy atom. The number of aldehydes is 1. The molecule has 0 aromatic heterocycles. The topological polar surface area (TPSA) is 72.1 Å². The van der Waals surface area contributed by atoms with Crippen molar-refractivity contribution in [2.45, 2.75) is 90.4 Å². The number of nitrogens with one attached hydrogen (secondary N) is 2. The number of hydrogen-bond donors (Lipinski definition) is 2. The number of carbonyl (C=O) groups is 1. The third-order valence-electron chi connectivity index (χ3n) is 9.90. The number of likely N-dealkylation sites (N-methyl/N-ethyl adjacent to an activating group) is 1. The molecule has 2 N–H and O–H groups in total. The van der Waals surface area contributed by atoms with Crippen LogP contribution < -0.4 is 24.8 Å². The molecular weight excluding hydrogens is 610 g/mol. The van der Waals surface area contributed by atoms with Gasteiger partial charge in [0.05, 0.1) is 18.2 Å². The zero-order chi connectivity index (χ0) is 33.4. The molecule has 8 heteroatoms. The second kappa shape index (κ2) is 16.3. The standard InChI is InChI=1S/C39H52ClN3O4/c1-6-45-37-24-38(34(40)23-28(37)25-42-26-29(41-5)11-9-21-44)47-36-17-16-32-31(13-7-14-33(32)36)30-12-8-15-35(27(30)2)46-22-10-19-43-20-18-39(43,3)4/h7-8,12-15,21,23-24,29,36,41-42H,6,9-11,16-20,22,25-26H2,1-5H3/t29?,36-/m0/s1. The summed E-state index contributed by atoms with van der Waals surface area (Å²) in [5.74, 6) is 2.36. The van der Waals surface area contributed by atoms with E-state index in [0.29, 0.717) is 35.9 Å². The third-order valence-corrected chi connectivity index (χ3v) is 10.2. The molecule has 5 rings (SSSR count). The van der Waals surface area contributed by atoms with E-state index in [0.717, 1.165) is 68.7 Å². The number of nitrogens with zero attached hydrogens (tertiary/aromatic N) is 1. The molecule has 0 bridgehead atoms. The van der Waals surface area contributed by atoms with Crippen LogP contribution >= 0.6 is 11.6 Å². The van der Waals surface area contributed by atoms with Gasteiger partial charge >= 0.3 is 0 Å². The summed E-state index contributed by atoms with van der Waals surface area (Å²) in [6.07, 6.45) is 6.31. The van der Waals surface area contributed by atoms with Crippen LogP contribution in [0.2, 0.25) is 5.02 Å². The fraction of sp³-hybridized carbons (Fsp3) is 0.513. The number of ether oxygens (including phenoxy) is 3. The highest BCUT2D eigenvalue weighted by molar-refractivity contribution is 6.32. The van der Waals surface area contributed by atoms with Crippen LogP contribution in [0.4, 0.5) is 0 Å². The van der Waals surface area contributed by atoms with Crippen molar-refractivity contribution in [3.05, 3.63) is 75.8 Å². The van der Waals surface area contributed by atoms with Crippen LogP contribution in [0.1, 0.15) is 81.2 Å². The second-order valence-corrected chi connectivity index (χ2v) is 13.8. The Balaban J connectivity index is 1.26. The summed E-state index contributed by atoms with van der Waals surface area (Å²) in [6.45, 7) is 13.7. The zero-order valence-electron chi connectivity index (χ0n) is 28.8. The highest BCUT2D eigenvalue weighted by atomic mass is 35.5. The lowest BCUT2D eigenvalue weighted by Gasteiger charge is -2.48. The normalized spacial score (nSPS) is 17.5. The first-order valence-electron chi connectivity index (χ1n) is 17.3. The summed E-state index contributed by atoms with van der Waals surface area (Å²) in [7, 11) is 1.92. The van der Waals surface area contributed by atoms with E-state index >= 15 is 0 Å². The van der Waals surface area contributed by atoms with Gasteiger partial charge in [0.15, 0.2) is 0 Å². The summed E-state index contributed by atoms with van der Waals surface area (Å²) >= 11 is 6.83. The molecule has 3 aromatic carbocycles. The van der Waals surface area contributed by atoms with E-state index in [9.17, 15) is 4.79 Å². The van der Waals surface area contributed by atoms with Crippen molar-refractivity contribution < 1.29 is 19.0 Å². The molecule has 1 aliphatic heterocycles. The van der Waals surface area contributed by atoms with Crippen molar-refractivity contribution in [2.24, 2.45) is 0 Å². The first kappa shape index (κ1) is 35.2. The predicted molar refractivity (Wildman–Crippen MR) is 191 cm³/mol. The van der Waals surface area contributed by atoms with Crippen molar-refractivity contribution in [1.29, 1.82) is 0 Å². The maximum absolute atomic E-state index is 10.8. The van der Waals surface area contributed by atoms with Gasteiger partial charge in [0.1, 0.15) is 29.6 Å². The molecule has 0 saturated carbocycles. The minimum Gasteiger partial charge on any atom is -0.493 e. The Hall–Kier alpha value is -3.10. The van der Waals surface area contributed by atoms with Crippen LogP contribution in [-0.4, -0.2) is 62.7 Å². The Labute approximate surface area is 286 Å². The third kappa shape index (κ3) is 8.50. The molecule has 47 heavy (non-hydrogen) atoms. The monoisotopic (exact) mass is 661 g/mol. The number of fused-ring (bicyclic) bond motifs is 1. The number of rotatable bonds is 18. The molecule has 1 aliphatic carbocycles. The number of benzene rings is 3. The lowest BCUT2D eigenvalue weighted by atomic mass is 9.89. The van der Waals surface area contributed by atoms with Gasteiger partial charge in [0.25, 0.3) is 0 Å². The van der Waals surface area contributed by atoms with E-state index in [1.807, 2.05) is 26.1 Å². The van der Waals surface area contributed by atoms with Crippen LogP contribution in [0.3, 0.4) is 0 Å². The Kier molecular flexibility index (Phi) is 12.2. The molecular formula is C39H52ClN3O4. The summed E-state index contributed by atoms with van der Waals surface area (Å²) in [5.41, 5.74) is 7.47. The second-order valence-electron chi connectivity index (χ2n) is 13.4. The lowest BCUT2D eigenvalue weighted by molar-refractivity contribution is -0.108. The molecule has 7 nitrogen and oxygen atoms in total. The average Bonchev–Trinajstić information content (AvgIpc) is 3.47. The van der Waals surface area contributed by atoms with Crippen molar-refractivity contribution >= 4 is 17.9 Å². The van der Waals surface area contributed by atoms with Crippen LogP contribution in [0.25, 0.3) is 11.1 Å². The van der Waals surface area contributed by atoms with Crippen molar-refractivity contribution in [3.8, 4) is 28.4 Å². The predicted octanol–water partition coefficient (Wildman–Crippen LogP) is 7.69. The van der Waals surface area contributed by atoms with Gasteiger partial charge in [-0.2, -0.15) is 0 Å². The van der Waals surface area contributed by atoms with Crippen molar-refractivity contribution in [3.63, 3.8) is 0 Å². The van der Waals surface area contributed by atoms with Gasteiger partial charge in [0.2, 0.25) is 0 Å². The summed E-state index contributed by atoms with van der Waals surface area (Å²) in [5, 5.41) is 7.31. The molecule has 0 spiro atoms. The number of likely N-dealkylation sites (tertiary alicyclic amines) is 1. The molecule has 1 unspecified atom stereocenters. The Morgan fingerprint density at radius 3 is 2.62 bits per heavy atom. The maximum Gasteiger partial charge on any atom is 0.142 e. The number of carbonyl (C=O) groups excluding carboxylic acids is 1. The lowest BCUT2D eigenvalue weighted by Crippen LogP contribution is -2.55. The van der Waals surface area contributed by atoms with Crippen LogP contribution in [0.5, 0.6) is 17.2 Å². The molecule has 1 fully saturated rings. The summed E-state index contributed by atoms with van der Waals surface area (Å²) in [4.78, 5) is 13.3. The van der Waals surface area contributed by atoms with E-state index < -0.39 is 0 Å². The van der Waals surface area contributed by atoms with Gasteiger partial charge in [-0.1, -0.05) is 41.9 Å². The number of halogens is 1. The molecule has 0 radical (unpaired) electrons. The Bertz CT molecular complexity index is 1510. The van der Waals surface area contributed by atoms with Crippen molar-refractivity contribution in [2.75, 3.05) is 39.9 Å². The highest BCUT2D eigenvalue weighted by Gasteiger charge is 2.34.